The second kappa shape index (κ2) is 13.6. The fourth-order valence-corrected chi connectivity index (χ4v) is 5.57. The summed E-state index contributed by atoms with van der Waals surface area (Å²) < 4.78 is 6.95. The quantitative estimate of drug-likeness (QED) is 0.115. The van der Waals surface area contributed by atoms with Gasteiger partial charge in [-0.1, -0.05) is 72.5 Å². The molecule has 0 radical (unpaired) electrons. The van der Waals surface area contributed by atoms with Crippen LogP contribution in [0.1, 0.15) is 106 Å². The third kappa shape index (κ3) is 9.64. The molecule has 0 aromatic heterocycles. The van der Waals surface area contributed by atoms with E-state index < -0.39 is 8.32 Å². The highest BCUT2D eigenvalue weighted by Gasteiger charge is 2.40. The number of rotatable bonds is 14. The Morgan fingerprint density at radius 2 is 1.90 bits per heavy atom. The monoisotopic (exact) mass is 446 g/mol. The van der Waals surface area contributed by atoms with Crippen LogP contribution in [0.5, 0.6) is 0 Å². The Bertz CT molecular complexity index is 632. The van der Waals surface area contributed by atoms with Gasteiger partial charge in [0.2, 0.25) is 0 Å². The second-order valence-corrected chi connectivity index (χ2v) is 15.7. The molecule has 0 bridgehead atoms. The first-order valence-corrected chi connectivity index (χ1v) is 15.7. The highest BCUT2D eigenvalue weighted by atomic mass is 28.4. The van der Waals surface area contributed by atoms with E-state index in [-0.39, 0.29) is 11.0 Å². The maximum Gasteiger partial charge on any atom is 0.192 e. The lowest BCUT2D eigenvalue weighted by molar-refractivity contribution is -0.120. The number of Topliss-reactive ketones (excluding diaryl/α,β-unsaturated/α-hetero) is 1. The fourth-order valence-electron chi connectivity index (χ4n) is 4.11. The van der Waals surface area contributed by atoms with E-state index in [2.05, 4.69) is 78.6 Å². The van der Waals surface area contributed by atoms with Crippen LogP contribution < -0.4 is 0 Å². The highest BCUT2D eigenvalue weighted by Crippen LogP contribution is 2.40. The summed E-state index contributed by atoms with van der Waals surface area (Å²) in [6.07, 6.45) is 17.3. The van der Waals surface area contributed by atoms with Gasteiger partial charge in [-0.2, -0.15) is 0 Å². The molecule has 0 amide bonds. The number of hydrogen-bond acceptors (Lipinski definition) is 2. The van der Waals surface area contributed by atoms with E-state index in [0.717, 1.165) is 32.1 Å². The Hall–Kier alpha value is -0.893. The summed E-state index contributed by atoms with van der Waals surface area (Å²) in [7, 11) is -1.82. The number of allylic oxidation sites excluding steroid dienone is 3. The van der Waals surface area contributed by atoms with Crippen LogP contribution in [-0.4, -0.2) is 20.2 Å². The molecular weight excluding hydrogens is 396 g/mol. The summed E-state index contributed by atoms with van der Waals surface area (Å²) in [6.45, 7) is 18.5. The molecule has 2 unspecified atom stereocenters. The molecule has 178 valence electrons. The van der Waals surface area contributed by atoms with E-state index in [9.17, 15) is 4.79 Å². The van der Waals surface area contributed by atoms with Crippen molar-refractivity contribution in [1.29, 1.82) is 0 Å². The minimum Gasteiger partial charge on any atom is -0.414 e. The highest BCUT2D eigenvalue weighted by molar-refractivity contribution is 6.74. The summed E-state index contributed by atoms with van der Waals surface area (Å²) in [4.78, 5) is 12.5. The molecule has 0 aromatic rings. The predicted octanol–water partition coefficient (Wildman–Crippen LogP) is 8.79. The summed E-state index contributed by atoms with van der Waals surface area (Å²) in [6, 6.07) is 0. The van der Waals surface area contributed by atoms with Crippen LogP contribution >= 0.6 is 0 Å². The first-order valence-electron chi connectivity index (χ1n) is 12.8. The van der Waals surface area contributed by atoms with Crippen molar-refractivity contribution in [3.63, 3.8) is 0 Å². The maximum atomic E-state index is 12.5. The van der Waals surface area contributed by atoms with Crippen molar-refractivity contribution in [2.45, 2.75) is 130 Å². The first-order chi connectivity index (χ1) is 14.5. The number of carbonyl (C=O) groups excluding carboxylic acids is 1. The van der Waals surface area contributed by atoms with Crippen LogP contribution in [0.4, 0.5) is 0 Å². The van der Waals surface area contributed by atoms with Crippen LogP contribution in [0.15, 0.2) is 29.5 Å². The van der Waals surface area contributed by atoms with Crippen LogP contribution in [0.3, 0.4) is 0 Å². The summed E-state index contributed by atoms with van der Waals surface area (Å²) in [5, 5.41) is 0.220. The van der Waals surface area contributed by atoms with Gasteiger partial charge in [-0.05, 0) is 74.7 Å². The van der Waals surface area contributed by atoms with Crippen molar-refractivity contribution in [2.24, 2.45) is 11.8 Å². The molecule has 0 aliphatic heterocycles. The van der Waals surface area contributed by atoms with Crippen LogP contribution in [0, 0.1) is 11.8 Å². The van der Waals surface area contributed by atoms with Crippen molar-refractivity contribution in [1.82, 2.24) is 0 Å². The summed E-state index contributed by atoms with van der Waals surface area (Å²) in [5.74, 6) is 1.09. The molecular formula is C28H50O2Si. The van der Waals surface area contributed by atoms with Gasteiger partial charge in [0.1, 0.15) is 5.78 Å². The molecule has 0 saturated carbocycles. The predicted molar refractivity (Wildman–Crippen MR) is 138 cm³/mol. The van der Waals surface area contributed by atoms with E-state index in [1.54, 1.807) is 0 Å². The van der Waals surface area contributed by atoms with Crippen LogP contribution in [-0.2, 0) is 9.22 Å². The van der Waals surface area contributed by atoms with E-state index in [4.69, 9.17) is 4.43 Å². The maximum absolute atomic E-state index is 12.5. The van der Waals surface area contributed by atoms with Gasteiger partial charge in [0.25, 0.3) is 0 Å². The lowest BCUT2D eigenvalue weighted by atomic mass is 9.88. The molecule has 31 heavy (non-hydrogen) atoms. The summed E-state index contributed by atoms with van der Waals surface area (Å²) >= 11 is 0. The molecule has 0 fully saturated rings. The lowest BCUT2D eigenvalue weighted by Crippen LogP contribution is -2.45. The lowest BCUT2D eigenvalue weighted by Gasteiger charge is -2.41. The van der Waals surface area contributed by atoms with Crippen molar-refractivity contribution in [2.75, 3.05) is 0 Å². The van der Waals surface area contributed by atoms with Gasteiger partial charge in [-0.3, -0.25) is 4.79 Å². The minimum atomic E-state index is -1.82. The van der Waals surface area contributed by atoms with Crippen LogP contribution in [0.25, 0.3) is 0 Å². The topological polar surface area (TPSA) is 26.3 Å². The zero-order valence-electron chi connectivity index (χ0n) is 21.9. The molecule has 0 saturated heterocycles. The molecule has 1 aliphatic rings. The van der Waals surface area contributed by atoms with Gasteiger partial charge in [0, 0.05) is 18.4 Å². The third-order valence-corrected chi connectivity index (χ3v) is 11.8. The fraction of sp³-hybridized carbons (Fsp3) is 0.786. The number of carbonyl (C=O) groups is 1. The van der Waals surface area contributed by atoms with E-state index in [1.165, 1.54) is 31.3 Å². The Labute approximate surface area is 194 Å². The largest absolute Gasteiger partial charge is 0.414 e. The number of hydrogen-bond donors (Lipinski definition) is 0. The van der Waals surface area contributed by atoms with Crippen LogP contribution in [0.2, 0.25) is 18.1 Å². The molecule has 1 aliphatic carbocycles. The normalized spacial score (nSPS) is 19.0. The minimum absolute atomic E-state index is 0.114. The van der Waals surface area contributed by atoms with Gasteiger partial charge in [0.15, 0.2) is 8.32 Å². The van der Waals surface area contributed by atoms with Crippen molar-refractivity contribution < 1.29 is 9.22 Å². The zero-order valence-corrected chi connectivity index (χ0v) is 22.9. The molecule has 0 N–H and O–H groups in total. The average Bonchev–Trinajstić information content (AvgIpc) is 3.03. The molecule has 1 rings (SSSR count). The number of unbranched alkanes of at least 4 members (excludes halogenated alkanes) is 2. The Kier molecular flexibility index (Phi) is 12.4. The molecule has 2 nitrogen and oxygen atoms in total. The standard InChI is InChI=1S/C28H50O2Si/c1-9-11-13-14-16-18-25-24(19-21-26(25)29)20-22-27(23(3)17-15-12-10-2)30-31(7,8)28(4,5)6/h11,14,19,23,25,27H,9-10,12,15-18,20-22H2,1-8H3/t13?,23?,25-,27?/m1/s1. The van der Waals surface area contributed by atoms with E-state index in [0.29, 0.717) is 24.2 Å². The van der Waals surface area contributed by atoms with Gasteiger partial charge in [-0.25, -0.2) is 0 Å². The summed E-state index contributed by atoms with van der Waals surface area (Å²) in [5.41, 5.74) is 4.59. The SMILES string of the molecule is CCC=C=CCC[C@H]1C(=O)CC=C1CCC(O[Si](C)(C)C(C)(C)C)C(C)CCCCC. The van der Waals surface area contributed by atoms with Gasteiger partial charge in [0.05, 0.1) is 0 Å². The molecule has 0 heterocycles. The van der Waals surface area contributed by atoms with Gasteiger partial charge < -0.3 is 4.43 Å². The average molecular weight is 447 g/mol. The van der Waals surface area contributed by atoms with Crippen molar-refractivity contribution in [3.8, 4) is 0 Å². The number of ketones is 1. The molecule has 3 atom stereocenters. The Morgan fingerprint density at radius 3 is 2.52 bits per heavy atom. The molecule has 3 heteroatoms. The Balaban J connectivity index is 2.80. The van der Waals surface area contributed by atoms with E-state index >= 15 is 0 Å². The van der Waals surface area contributed by atoms with Crippen molar-refractivity contribution in [3.05, 3.63) is 29.5 Å². The van der Waals surface area contributed by atoms with Gasteiger partial charge in [-0.15, -0.1) is 5.73 Å². The zero-order chi connectivity index (χ0) is 23.5. The third-order valence-electron chi connectivity index (χ3n) is 7.31. The molecule has 0 spiro atoms. The van der Waals surface area contributed by atoms with E-state index in [1.807, 2.05) is 0 Å². The first kappa shape index (κ1) is 28.1. The second-order valence-electron chi connectivity index (χ2n) is 11.0. The van der Waals surface area contributed by atoms with Gasteiger partial charge >= 0.3 is 0 Å². The van der Waals surface area contributed by atoms with Crippen molar-refractivity contribution >= 4 is 14.1 Å². The smallest absolute Gasteiger partial charge is 0.192 e. The molecule has 0 aromatic carbocycles. The Morgan fingerprint density at radius 1 is 1.19 bits per heavy atom.